The smallest absolute Gasteiger partial charge is 0.219 e. The first-order chi connectivity index (χ1) is 2.27. The fourth-order valence-corrected chi connectivity index (χ4v) is 0. The highest BCUT2D eigenvalue weighted by molar-refractivity contribution is 6.59. The molecule has 0 heterocycles. The molecule has 1 radical (unpaired) electrons. The molecule has 0 amide bonds. The zero-order valence-corrected chi connectivity index (χ0v) is 4.79. The summed E-state index contributed by atoms with van der Waals surface area (Å²) in [5.74, 6) is 0. The molecule has 1 nitrogen and oxygen atoms in total. The lowest BCUT2D eigenvalue weighted by atomic mass is 11.9. The molecule has 0 spiro atoms. The van der Waals surface area contributed by atoms with E-state index in [1.807, 2.05) is 0 Å². The highest BCUT2D eigenvalue weighted by atomic mass is 35.5. The molecule has 3 heteroatoms. The summed E-state index contributed by atoms with van der Waals surface area (Å²) in [6.45, 7) is 1.75. The van der Waals surface area contributed by atoms with E-state index in [9.17, 15) is 0 Å². The molecule has 0 aromatic rings. The van der Waals surface area contributed by atoms with Crippen LogP contribution in [0.1, 0.15) is 0 Å². The van der Waals surface area contributed by atoms with Crippen molar-refractivity contribution in [3.63, 3.8) is 0 Å². The summed E-state index contributed by atoms with van der Waals surface area (Å²) in [4.78, 5) is 8.33. The van der Waals surface area contributed by atoms with E-state index >= 15 is 0 Å². The monoisotopic (exact) mass is 109 g/mol. The molecule has 0 saturated carbocycles. The molecule has 31 valence electrons. The third-order valence-corrected chi connectivity index (χ3v) is 1.74. The van der Waals surface area contributed by atoms with E-state index in [1.165, 1.54) is 0 Å². The van der Waals surface area contributed by atoms with Crippen molar-refractivity contribution in [1.82, 2.24) is 0 Å². The zero-order valence-electron chi connectivity index (χ0n) is 3.03. The molecule has 0 fully saturated rings. The third kappa shape index (κ3) is 4.47. The van der Waals surface area contributed by atoms with Crippen LogP contribution in [-0.4, -0.2) is 19.3 Å². The van der Waals surface area contributed by atoms with Gasteiger partial charge in [-0.25, -0.2) is 0 Å². The second kappa shape index (κ2) is 2.69. The van der Waals surface area contributed by atoms with Gasteiger partial charge in [0.05, 0.1) is 0 Å². The maximum Gasteiger partial charge on any atom is 0.219 e. The molecule has 0 aromatic carbocycles. The van der Waals surface area contributed by atoms with Crippen molar-refractivity contribution in [3.8, 4) is 0 Å². The molecule has 0 aliphatic rings. The Morgan fingerprint density at radius 1 is 2.00 bits per heavy atom. The molecule has 0 aliphatic carbocycles. The summed E-state index contributed by atoms with van der Waals surface area (Å²) in [6, 6.07) is 0. The Balaban J connectivity index is 2.54. The summed E-state index contributed by atoms with van der Waals surface area (Å²) in [7, 11) is -1.11. The molecule has 0 aromatic heterocycles. The fraction of sp³-hybridized carbons (Fsp3) is 1.00. The number of alkyl halides is 1. The van der Waals surface area contributed by atoms with Gasteiger partial charge in [-0.1, -0.05) is 0 Å². The van der Waals surface area contributed by atoms with Gasteiger partial charge in [0.2, 0.25) is 9.04 Å². The maximum absolute atomic E-state index is 8.33. The van der Waals surface area contributed by atoms with Gasteiger partial charge in [0.25, 0.3) is 0 Å². The first-order valence-corrected chi connectivity index (χ1v) is 4.03. The fourth-order valence-electron chi connectivity index (χ4n) is 0. The second-order valence-electron chi connectivity index (χ2n) is 0.869. The molecule has 0 saturated heterocycles. The van der Waals surface area contributed by atoms with E-state index in [-0.39, 0.29) is 0 Å². The Bertz CT molecular complexity index is 23.6. The van der Waals surface area contributed by atoms with Gasteiger partial charge in [0.1, 0.15) is 0 Å². The van der Waals surface area contributed by atoms with Gasteiger partial charge in [-0.15, -0.1) is 11.6 Å². The molecule has 5 heavy (non-hydrogen) atoms. The van der Waals surface area contributed by atoms with Gasteiger partial charge >= 0.3 is 0 Å². The predicted octanol–water partition coefficient (Wildman–Crippen LogP) is 0.378. The molecule has 0 atom stereocenters. The lowest BCUT2D eigenvalue weighted by Crippen LogP contribution is -2.06. The van der Waals surface area contributed by atoms with E-state index in [1.54, 1.807) is 6.55 Å². The van der Waals surface area contributed by atoms with Crippen molar-refractivity contribution >= 4 is 20.6 Å². The average Bonchev–Trinajstić information content (AvgIpc) is 1.38. The third-order valence-electron chi connectivity index (χ3n) is 0.193. The summed E-state index contributed by atoms with van der Waals surface area (Å²) in [5.41, 5.74) is 0.435. The van der Waals surface area contributed by atoms with Crippen molar-refractivity contribution in [2.45, 2.75) is 6.55 Å². The normalized spacial score (nSPS) is 9.60. The minimum absolute atomic E-state index is 0.435. The Morgan fingerprint density at radius 2 is 2.20 bits per heavy atom. The van der Waals surface area contributed by atoms with Crippen molar-refractivity contribution in [1.29, 1.82) is 0 Å². The predicted molar refractivity (Wildman–Crippen MR) is 24.6 cm³/mol. The molecular weight excluding hydrogens is 104 g/mol. The summed E-state index contributed by atoms with van der Waals surface area (Å²) < 4.78 is 0. The quantitative estimate of drug-likeness (QED) is 0.381. The first kappa shape index (κ1) is 5.47. The van der Waals surface area contributed by atoms with Crippen LogP contribution in [0.25, 0.3) is 0 Å². The number of hydrogen-bond acceptors (Lipinski definition) is 1. The van der Waals surface area contributed by atoms with Crippen LogP contribution in [0.3, 0.4) is 0 Å². The Morgan fingerprint density at radius 3 is 2.20 bits per heavy atom. The Hall–Kier alpha value is 0.467. The van der Waals surface area contributed by atoms with E-state index in [4.69, 9.17) is 16.4 Å². The van der Waals surface area contributed by atoms with Crippen molar-refractivity contribution in [2.75, 3.05) is 5.50 Å². The number of halogens is 1. The summed E-state index contributed by atoms with van der Waals surface area (Å²) in [5, 5.41) is 0. The van der Waals surface area contributed by atoms with Crippen LogP contribution in [0.2, 0.25) is 6.55 Å². The van der Waals surface area contributed by atoms with Crippen molar-refractivity contribution in [2.24, 2.45) is 0 Å². The average molecular weight is 110 g/mol. The SMILES string of the molecule is C[Si](O)CCl. The van der Waals surface area contributed by atoms with Gasteiger partial charge in [-0.05, 0) is 6.55 Å². The van der Waals surface area contributed by atoms with E-state index in [2.05, 4.69) is 0 Å². The minimum atomic E-state index is -1.11. The van der Waals surface area contributed by atoms with Gasteiger partial charge in [0, 0.05) is 5.50 Å². The van der Waals surface area contributed by atoms with Crippen molar-refractivity contribution < 1.29 is 4.80 Å². The van der Waals surface area contributed by atoms with Crippen LogP contribution in [0, 0.1) is 0 Å². The standard InChI is InChI=1S/C2H6ClOSi/c1-5(4)2-3/h4H,2H2,1H3. The Kier molecular flexibility index (Phi) is 2.94. The zero-order chi connectivity index (χ0) is 4.28. The molecule has 0 aliphatic heterocycles. The van der Waals surface area contributed by atoms with Gasteiger partial charge < -0.3 is 4.80 Å². The molecule has 0 rings (SSSR count). The number of rotatable bonds is 1. The van der Waals surface area contributed by atoms with E-state index in [0.717, 1.165) is 0 Å². The lowest BCUT2D eigenvalue weighted by Gasteiger charge is -1.83. The van der Waals surface area contributed by atoms with E-state index < -0.39 is 9.04 Å². The largest absolute Gasteiger partial charge is 0.430 e. The van der Waals surface area contributed by atoms with Crippen LogP contribution < -0.4 is 0 Å². The van der Waals surface area contributed by atoms with Crippen LogP contribution in [-0.2, 0) is 0 Å². The molecule has 1 N–H and O–H groups in total. The maximum atomic E-state index is 8.33. The lowest BCUT2D eigenvalue weighted by molar-refractivity contribution is 0.585. The number of hydrogen-bond donors (Lipinski definition) is 1. The van der Waals surface area contributed by atoms with Crippen molar-refractivity contribution in [3.05, 3.63) is 0 Å². The highest BCUT2D eigenvalue weighted by Gasteiger charge is 1.90. The van der Waals surface area contributed by atoms with Crippen LogP contribution in [0.5, 0.6) is 0 Å². The first-order valence-electron chi connectivity index (χ1n) is 1.34. The summed E-state index contributed by atoms with van der Waals surface area (Å²) >= 11 is 5.13. The van der Waals surface area contributed by atoms with Crippen LogP contribution in [0.4, 0.5) is 0 Å². The van der Waals surface area contributed by atoms with Gasteiger partial charge in [-0.3, -0.25) is 0 Å². The molecule has 0 unspecified atom stereocenters. The summed E-state index contributed by atoms with van der Waals surface area (Å²) in [6.07, 6.45) is 0. The molecule has 0 bridgehead atoms. The van der Waals surface area contributed by atoms with Crippen LogP contribution >= 0.6 is 11.6 Å². The van der Waals surface area contributed by atoms with Gasteiger partial charge in [0.15, 0.2) is 0 Å². The van der Waals surface area contributed by atoms with E-state index in [0.29, 0.717) is 5.50 Å². The topological polar surface area (TPSA) is 20.2 Å². The Labute approximate surface area is 38.3 Å². The minimum Gasteiger partial charge on any atom is -0.430 e. The highest BCUT2D eigenvalue weighted by Crippen LogP contribution is 1.75. The molecular formula is C2H6ClOSi. The van der Waals surface area contributed by atoms with Gasteiger partial charge in [-0.2, -0.15) is 0 Å². The van der Waals surface area contributed by atoms with Crippen LogP contribution in [0.15, 0.2) is 0 Å². The second-order valence-corrected chi connectivity index (χ2v) is 3.41.